The lowest BCUT2D eigenvalue weighted by molar-refractivity contribution is -0.142. The summed E-state index contributed by atoms with van der Waals surface area (Å²) in [5.41, 5.74) is 1.40. The molecule has 2 rings (SSSR count). The average Bonchev–Trinajstić information content (AvgIpc) is 3.38. The Morgan fingerprint density at radius 3 is 2.40 bits per heavy atom. The van der Waals surface area contributed by atoms with Gasteiger partial charge in [0.2, 0.25) is 11.8 Å². The van der Waals surface area contributed by atoms with Crippen molar-refractivity contribution in [1.82, 2.24) is 5.32 Å². The summed E-state index contributed by atoms with van der Waals surface area (Å²) >= 11 is 0. The Morgan fingerprint density at radius 2 is 1.84 bits per heavy atom. The minimum Gasteiger partial charge on any atom is -0.480 e. The van der Waals surface area contributed by atoms with Crippen LogP contribution >= 0.6 is 0 Å². The van der Waals surface area contributed by atoms with E-state index in [-0.39, 0.29) is 18.7 Å². The number of carboxylic acid groups (broad SMARTS) is 1. The molecule has 1 unspecified atom stereocenters. The van der Waals surface area contributed by atoms with E-state index in [1.807, 2.05) is 0 Å². The van der Waals surface area contributed by atoms with Gasteiger partial charge in [-0.15, -0.1) is 0 Å². The molecule has 0 radical (unpaired) electrons. The summed E-state index contributed by atoms with van der Waals surface area (Å²) in [5.74, 6) is 3.66. The first-order valence-electron chi connectivity index (χ1n) is 8.13. The van der Waals surface area contributed by atoms with Crippen molar-refractivity contribution in [1.29, 1.82) is 0 Å². The molecule has 1 aromatic rings. The molecular formula is C17H22N4O4. The number of nitrogens with zero attached hydrogens (tertiary/aromatic N) is 1. The number of nitrogens with two attached hydrogens (primary N) is 1. The molecular weight excluding hydrogens is 324 g/mol. The van der Waals surface area contributed by atoms with Crippen LogP contribution in [0.15, 0.2) is 29.4 Å². The topological polar surface area (TPSA) is 134 Å². The summed E-state index contributed by atoms with van der Waals surface area (Å²) < 4.78 is 0. The Hall–Kier alpha value is -2.90. The van der Waals surface area contributed by atoms with Crippen LogP contribution in [0.25, 0.3) is 0 Å². The number of amides is 2. The summed E-state index contributed by atoms with van der Waals surface area (Å²) in [6.45, 7) is 0. The summed E-state index contributed by atoms with van der Waals surface area (Å²) in [5, 5.41) is 17.7. The van der Waals surface area contributed by atoms with E-state index in [2.05, 4.69) is 15.7 Å². The van der Waals surface area contributed by atoms with Gasteiger partial charge in [-0.05, 0) is 30.0 Å². The fourth-order valence-corrected chi connectivity index (χ4v) is 2.36. The van der Waals surface area contributed by atoms with Gasteiger partial charge in [0, 0.05) is 18.5 Å². The number of hydrogen-bond acceptors (Lipinski definition) is 5. The summed E-state index contributed by atoms with van der Waals surface area (Å²) in [4.78, 5) is 34.9. The first kappa shape index (κ1) is 18.4. The van der Waals surface area contributed by atoms with Crippen molar-refractivity contribution in [3.63, 3.8) is 0 Å². The first-order chi connectivity index (χ1) is 12.0. The number of hydrogen-bond donors (Lipinski definition) is 4. The van der Waals surface area contributed by atoms with Crippen LogP contribution in [0.2, 0.25) is 0 Å². The van der Waals surface area contributed by atoms with E-state index >= 15 is 0 Å². The third-order valence-electron chi connectivity index (χ3n) is 3.90. The van der Waals surface area contributed by atoms with Gasteiger partial charge in [-0.25, -0.2) is 4.79 Å². The monoisotopic (exact) mass is 346 g/mol. The zero-order valence-electron chi connectivity index (χ0n) is 13.8. The van der Waals surface area contributed by atoms with E-state index in [4.69, 9.17) is 10.9 Å². The highest BCUT2D eigenvalue weighted by molar-refractivity contribution is 5.94. The van der Waals surface area contributed by atoms with Gasteiger partial charge in [0.05, 0.1) is 6.21 Å². The number of anilines is 1. The molecule has 8 heteroatoms. The maximum absolute atomic E-state index is 11.9. The molecule has 5 N–H and O–H groups in total. The van der Waals surface area contributed by atoms with Crippen molar-refractivity contribution < 1.29 is 19.5 Å². The summed E-state index contributed by atoms with van der Waals surface area (Å²) in [6.07, 6.45) is 3.88. The second-order valence-electron chi connectivity index (χ2n) is 6.09. The van der Waals surface area contributed by atoms with Crippen LogP contribution in [0.4, 0.5) is 5.69 Å². The van der Waals surface area contributed by atoms with Crippen molar-refractivity contribution in [2.45, 2.75) is 38.1 Å². The Morgan fingerprint density at radius 1 is 1.20 bits per heavy atom. The van der Waals surface area contributed by atoms with Gasteiger partial charge in [0.1, 0.15) is 6.04 Å². The second kappa shape index (κ2) is 8.81. The van der Waals surface area contributed by atoms with Crippen LogP contribution in [0.5, 0.6) is 0 Å². The van der Waals surface area contributed by atoms with E-state index in [9.17, 15) is 14.4 Å². The van der Waals surface area contributed by atoms with Gasteiger partial charge >= 0.3 is 5.97 Å². The van der Waals surface area contributed by atoms with Gasteiger partial charge in [0.25, 0.3) is 0 Å². The fraction of sp³-hybridized carbons (Fsp3) is 0.412. The number of carboxylic acids is 1. The molecule has 8 nitrogen and oxygen atoms in total. The maximum Gasteiger partial charge on any atom is 0.326 e. The minimum atomic E-state index is -1.04. The Bertz CT molecular complexity index is 653. The molecule has 0 saturated heterocycles. The Labute approximate surface area is 145 Å². The zero-order valence-corrected chi connectivity index (χ0v) is 13.8. The molecule has 1 aromatic carbocycles. The van der Waals surface area contributed by atoms with E-state index in [1.165, 1.54) is 6.21 Å². The van der Waals surface area contributed by atoms with Crippen LogP contribution in [0.1, 0.15) is 37.7 Å². The summed E-state index contributed by atoms with van der Waals surface area (Å²) in [6, 6.07) is 6.01. The lowest BCUT2D eigenvalue weighted by Crippen LogP contribution is -2.41. The number of nitrogens with one attached hydrogen (secondary N) is 2. The maximum atomic E-state index is 11.9. The smallest absolute Gasteiger partial charge is 0.326 e. The lowest BCUT2D eigenvalue weighted by Gasteiger charge is -2.14. The molecule has 2 amide bonds. The normalized spacial score (nSPS) is 14.9. The lowest BCUT2D eigenvalue weighted by atomic mass is 10.1. The van der Waals surface area contributed by atoms with Gasteiger partial charge in [-0.2, -0.15) is 5.10 Å². The Kier molecular flexibility index (Phi) is 6.50. The second-order valence-corrected chi connectivity index (χ2v) is 6.09. The standard InChI is InChI=1S/C17H22N4O4/c18-19-10-12-3-5-13(6-4-12)20-15(22)7-8-16(23)21-14(17(24)25)9-11-1-2-11/h3-6,10-11,14H,1-2,7-9,18H2,(H,20,22)(H,21,23)(H,24,25). The first-order valence-corrected chi connectivity index (χ1v) is 8.13. The van der Waals surface area contributed by atoms with E-state index in [0.717, 1.165) is 18.4 Å². The molecule has 25 heavy (non-hydrogen) atoms. The van der Waals surface area contributed by atoms with Crippen molar-refractivity contribution >= 4 is 29.7 Å². The Balaban J connectivity index is 1.74. The molecule has 0 spiro atoms. The minimum absolute atomic E-state index is 0.0202. The molecule has 1 fully saturated rings. The zero-order chi connectivity index (χ0) is 18.2. The fourth-order valence-electron chi connectivity index (χ4n) is 2.36. The summed E-state index contributed by atoms with van der Waals surface area (Å²) in [7, 11) is 0. The number of carbonyl (C=O) groups excluding carboxylic acids is 2. The third-order valence-corrected chi connectivity index (χ3v) is 3.90. The van der Waals surface area contributed by atoms with E-state index < -0.39 is 17.9 Å². The number of benzene rings is 1. The van der Waals surface area contributed by atoms with Gasteiger partial charge < -0.3 is 21.6 Å². The number of aliphatic carboxylic acids is 1. The van der Waals surface area contributed by atoms with Crippen LogP contribution in [0.3, 0.4) is 0 Å². The largest absolute Gasteiger partial charge is 0.480 e. The quantitative estimate of drug-likeness (QED) is 0.301. The molecule has 1 aliphatic carbocycles. The van der Waals surface area contributed by atoms with E-state index in [0.29, 0.717) is 18.0 Å². The van der Waals surface area contributed by atoms with Crippen molar-refractivity contribution in [2.24, 2.45) is 16.9 Å². The van der Waals surface area contributed by atoms with E-state index in [1.54, 1.807) is 24.3 Å². The van der Waals surface area contributed by atoms with Gasteiger partial charge in [0.15, 0.2) is 0 Å². The van der Waals surface area contributed by atoms with Gasteiger partial charge in [-0.1, -0.05) is 25.0 Å². The molecule has 1 aliphatic rings. The van der Waals surface area contributed by atoms with Crippen molar-refractivity contribution in [3.05, 3.63) is 29.8 Å². The molecule has 0 aliphatic heterocycles. The molecule has 134 valence electrons. The predicted octanol–water partition coefficient (Wildman–Crippen LogP) is 1.07. The van der Waals surface area contributed by atoms with Crippen LogP contribution < -0.4 is 16.5 Å². The number of rotatable bonds is 9. The number of carbonyl (C=O) groups is 3. The number of hydrazone groups is 1. The average molecular weight is 346 g/mol. The van der Waals surface area contributed by atoms with Crippen LogP contribution in [-0.4, -0.2) is 35.1 Å². The molecule has 0 bridgehead atoms. The molecule has 1 atom stereocenters. The van der Waals surface area contributed by atoms with Crippen molar-refractivity contribution in [2.75, 3.05) is 5.32 Å². The highest BCUT2D eigenvalue weighted by Crippen LogP contribution is 2.33. The van der Waals surface area contributed by atoms with Gasteiger partial charge in [-0.3, -0.25) is 9.59 Å². The van der Waals surface area contributed by atoms with Crippen LogP contribution in [-0.2, 0) is 14.4 Å². The highest BCUT2D eigenvalue weighted by atomic mass is 16.4. The van der Waals surface area contributed by atoms with Crippen molar-refractivity contribution in [3.8, 4) is 0 Å². The van der Waals surface area contributed by atoms with Crippen LogP contribution in [0, 0.1) is 5.92 Å². The predicted molar refractivity (Wildman–Crippen MR) is 93.0 cm³/mol. The molecule has 0 heterocycles. The molecule has 0 aromatic heterocycles. The highest BCUT2D eigenvalue weighted by Gasteiger charge is 2.30. The third kappa shape index (κ3) is 6.62. The SMILES string of the molecule is NN=Cc1ccc(NC(=O)CCC(=O)NC(CC2CC2)C(=O)O)cc1. The molecule has 1 saturated carbocycles.